The maximum absolute atomic E-state index is 13.6. The number of amides is 1. The summed E-state index contributed by atoms with van der Waals surface area (Å²) in [6.07, 6.45) is 0.457. The first kappa shape index (κ1) is 22.9. The molecule has 0 aliphatic carbocycles. The largest absolute Gasteiger partial charge is 0.479 e. The first-order valence-corrected chi connectivity index (χ1v) is 9.88. The van der Waals surface area contributed by atoms with E-state index in [4.69, 9.17) is 5.73 Å². The van der Waals surface area contributed by atoms with Crippen molar-refractivity contribution in [3.05, 3.63) is 35.9 Å². The van der Waals surface area contributed by atoms with E-state index in [0.717, 1.165) is 4.90 Å². The Bertz CT molecular complexity index is 798. The summed E-state index contributed by atoms with van der Waals surface area (Å²) < 4.78 is 0. The summed E-state index contributed by atoms with van der Waals surface area (Å²) in [4.78, 5) is 51.7. The van der Waals surface area contributed by atoms with Gasteiger partial charge in [-0.25, -0.2) is 9.59 Å². The van der Waals surface area contributed by atoms with Gasteiger partial charge in [0.25, 0.3) is 5.91 Å². The topological polar surface area (TPSA) is 138 Å². The number of ketones is 1. The average Bonchev–Trinajstić information content (AvgIpc) is 2.71. The number of carboxylic acids is 2. The zero-order chi connectivity index (χ0) is 22.0. The number of thiol groups is 1. The number of hydrogen-bond acceptors (Lipinski definition) is 6. The van der Waals surface area contributed by atoms with Crippen LogP contribution in [0.5, 0.6) is 0 Å². The minimum atomic E-state index is -2.47. The number of aliphatic carboxylic acids is 2. The van der Waals surface area contributed by atoms with Crippen LogP contribution in [0, 0.1) is 5.92 Å². The number of nitrogens with zero attached hydrogens (tertiary/aromatic N) is 1. The Morgan fingerprint density at radius 2 is 1.66 bits per heavy atom. The lowest BCUT2D eigenvalue weighted by Crippen LogP contribution is -2.70. The van der Waals surface area contributed by atoms with E-state index in [1.54, 1.807) is 32.0 Å². The van der Waals surface area contributed by atoms with Gasteiger partial charge < -0.3 is 20.8 Å². The molecule has 1 saturated heterocycles. The number of hydrogen-bond donors (Lipinski definition) is 4. The molecule has 8 nitrogen and oxygen atoms in total. The normalized spacial score (nSPS) is 19.3. The molecule has 0 bridgehead atoms. The maximum atomic E-state index is 13.6. The molecule has 1 aliphatic heterocycles. The van der Waals surface area contributed by atoms with Crippen molar-refractivity contribution in [2.24, 2.45) is 11.7 Å². The van der Waals surface area contributed by atoms with E-state index in [2.05, 4.69) is 12.6 Å². The molecule has 158 valence electrons. The van der Waals surface area contributed by atoms with Crippen LogP contribution >= 0.6 is 12.6 Å². The SMILES string of the molecule is CC(C)C(S)C(=O)C(N)(C(=O)N1CCCCC1(C(=O)O)C(=O)O)c1ccccc1. The van der Waals surface area contributed by atoms with Gasteiger partial charge in [0.05, 0.1) is 5.25 Å². The van der Waals surface area contributed by atoms with Gasteiger partial charge in [-0.3, -0.25) is 9.59 Å². The molecule has 2 atom stereocenters. The second-order valence-electron chi connectivity index (χ2n) is 7.61. The fraction of sp³-hybridized carbons (Fsp3) is 0.500. The molecule has 0 spiro atoms. The Morgan fingerprint density at radius 3 is 2.14 bits per heavy atom. The number of benzene rings is 1. The number of carboxylic acid groups (broad SMARTS) is 2. The molecule has 29 heavy (non-hydrogen) atoms. The Morgan fingerprint density at radius 1 is 1.10 bits per heavy atom. The number of carbonyl (C=O) groups excluding carboxylic acids is 2. The Balaban J connectivity index is 2.67. The molecular weight excluding hydrogens is 396 g/mol. The third kappa shape index (κ3) is 3.76. The highest BCUT2D eigenvalue weighted by molar-refractivity contribution is 7.81. The molecule has 9 heteroatoms. The zero-order valence-electron chi connectivity index (χ0n) is 16.4. The van der Waals surface area contributed by atoms with Crippen LogP contribution in [0.2, 0.25) is 0 Å². The van der Waals surface area contributed by atoms with Crippen LogP contribution in [-0.2, 0) is 24.7 Å². The van der Waals surface area contributed by atoms with Crippen molar-refractivity contribution in [2.45, 2.75) is 49.4 Å². The van der Waals surface area contributed by atoms with Gasteiger partial charge in [-0.15, -0.1) is 0 Å². The molecule has 2 unspecified atom stereocenters. The van der Waals surface area contributed by atoms with E-state index >= 15 is 0 Å². The number of nitrogens with two attached hydrogens (primary N) is 1. The minimum absolute atomic E-state index is 0.130. The molecule has 1 heterocycles. The predicted octanol–water partition coefficient (Wildman–Crippen LogP) is 1.28. The fourth-order valence-electron chi connectivity index (χ4n) is 3.61. The van der Waals surface area contributed by atoms with Crippen LogP contribution in [0.1, 0.15) is 38.7 Å². The summed E-state index contributed by atoms with van der Waals surface area (Å²) in [5.74, 6) is -5.32. The molecule has 2 rings (SSSR count). The van der Waals surface area contributed by atoms with Gasteiger partial charge in [-0.2, -0.15) is 12.6 Å². The van der Waals surface area contributed by atoms with Gasteiger partial charge in [0.15, 0.2) is 11.3 Å². The Labute approximate surface area is 174 Å². The van der Waals surface area contributed by atoms with Crippen LogP contribution in [0.3, 0.4) is 0 Å². The van der Waals surface area contributed by atoms with Gasteiger partial charge in [0.1, 0.15) is 0 Å². The van der Waals surface area contributed by atoms with Crippen molar-refractivity contribution < 1.29 is 29.4 Å². The van der Waals surface area contributed by atoms with Crippen molar-refractivity contribution in [3.8, 4) is 0 Å². The number of Topliss-reactive ketones (excluding diaryl/α,β-unsaturated/α-hetero) is 1. The summed E-state index contributed by atoms with van der Waals surface area (Å²) >= 11 is 4.31. The van der Waals surface area contributed by atoms with Crippen molar-refractivity contribution >= 4 is 36.3 Å². The van der Waals surface area contributed by atoms with Crippen LogP contribution < -0.4 is 5.73 Å². The third-order valence-electron chi connectivity index (χ3n) is 5.44. The first-order valence-electron chi connectivity index (χ1n) is 9.36. The second kappa shape index (κ2) is 8.54. The van der Waals surface area contributed by atoms with Gasteiger partial charge in [0, 0.05) is 6.54 Å². The number of carbonyl (C=O) groups is 4. The predicted molar refractivity (Wildman–Crippen MR) is 108 cm³/mol. The number of likely N-dealkylation sites (tertiary alicyclic amines) is 1. The van der Waals surface area contributed by atoms with E-state index in [1.807, 2.05) is 0 Å². The van der Waals surface area contributed by atoms with Crippen LogP contribution in [-0.4, -0.2) is 56.1 Å². The molecule has 0 radical (unpaired) electrons. The van der Waals surface area contributed by atoms with Crippen LogP contribution in [0.25, 0.3) is 0 Å². The molecule has 1 amide bonds. The lowest BCUT2D eigenvalue weighted by molar-refractivity contribution is -0.178. The number of rotatable bonds is 7. The minimum Gasteiger partial charge on any atom is -0.479 e. The van der Waals surface area contributed by atoms with E-state index in [0.29, 0.717) is 12.8 Å². The molecule has 0 aromatic heterocycles. The summed E-state index contributed by atoms with van der Waals surface area (Å²) in [6.45, 7) is 3.35. The second-order valence-corrected chi connectivity index (χ2v) is 8.17. The Kier molecular flexibility index (Phi) is 6.74. The van der Waals surface area contributed by atoms with Crippen LogP contribution in [0.4, 0.5) is 0 Å². The standard InChI is InChI=1S/C20H26N2O6S/c1-12(2)14(29)15(23)20(21,13-8-4-3-5-9-13)16(24)22-11-7-6-10-19(22,17(25)26)18(27)28/h3-5,8-9,12,14,29H,6-7,10-11,21H2,1-2H3,(H,25,26)(H,27,28). The molecule has 1 aromatic carbocycles. The van der Waals surface area contributed by atoms with Crippen molar-refractivity contribution in [2.75, 3.05) is 6.54 Å². The van der Waals surface area contributed by atoms with Crippen molar-refractivity contribution in [1.82, 2.24) is 4.90 Å². The molecule has 1 aliphatic rings. The first-order chi connectivity index (χ1) is 13.5. The summed E-state index contributed by atoms with van der Waals surface area (Å²) in [5.41, 5.74) is 1.85. The summed E-state index contributed by atoms with van der Waals surface area (Å²) in [5, 5.41) is 18.6. The zero-order valence-corrected chi connectivity index (χ0v) is 17.3. The molecular formula is C20H26N2O6S. The lowest BCUT2D eigenvalue weighted by atomic mass is 9.78. The van der Waals surface area contributed by atoms with E-state index in [-0.39, 0.29) is 24.4 Å². The average molecular weight is 423 g/mol. The highest BCUT2D eigenvalue weighted by Crippen LogP contribution is 2.35. The quantitative estimate of drug-likeness (QED) is 0.384. The van der Waals surface area contributed by atoms with Gasteiger partial charge in [-0.1, -0.05) is 44.2 Å². The molecule has 4 N–H and O–H groups in total. The van der Waals surface area contributed by atoms with Gasteiger partial charge >= 0.3 is 11.9 Å². The third-order valence-corrected chi connectivity index (χ3v) is 6.27. The van der Waals surface area contributed by atoms with Crippen molar-refractivity contribution in [3.63, 3.8) is 0 Å². The van der Waals surface area contributed by atoms with Crippen molar-refractivity contribution in [1.29, 1.82) is 0 Å². The monoisotopic (exact) mass is 422 g/mol. The lowest BCUT2D eigenvalue weighted by Gasteiger charge is -2.44. The highest BCUT2D eigenvalue weighted by Gasteiger charge is 2.59. The Hall–Kier alpha value is -2.39. The smallest absolute Gasteiger partial charge is 0.341 e. The maximum Gasteiger partial charge on any atom is 0.341 e. The van der Waals surface area contributed by atoms with E-state index in [1.165, 1.54) is 12.1 Å². The molecule has 0 saturated carbocycles. The fourth-order valence-corrected chi connectivity index (χ4v) is 3.81. The van der Waals surface area contributed by atoms with E-state index in [9.17, 15) is 29.4 Å². The summed E-state index contributed by atoms with van der Waals surface area (Å²) in [7, 11) is 0. The van der Waals surface area contributed by atoms with E-state index < -0.39 is 40.0 Å². The summed E-state index contributed by atoms with van der Waals surface area (Å²) in [6, 6.07) is 7.85. The number of piperidine rings is 1. The van der Waals surface area contributed by atoms with Gasteiger partial charge in [0.2, 0.25) is 5.54 Å². The molecule has 1 aromatic rings. The van der Waals surface area contributed by atoms with Crippen LogP contribution in [0.15, 0.2) is 30.3 Å². The molecule has 1 fully saturated rings. The highest BCUT2D eigenvalue weighted by atomic mass is 32.1. The van der Waals surface area contributed by atoms with Gasteiger partial charge in [-0.05, 0) is 30.7 Å².